The fourth-order valence-corrected chi connectivity index (χ4v) is 1.61. The van der Waals surface area contributed by atoms with Gasteiger partial charge >= 0.3 is 0 Å². The lowest BCUT2D eigenvalue weighted by Crippen LogP contribution is -1.93. The van der Waals surface area contributed by atoms with E-state index in [1.54, 1.807) is 24.5 Å². The summed E-state index contributed by atoms with van der Waals surface area (Å²) in [5, 5.41) is 0. The molecule has 0 saturated carbocycles. The van der Waals surface area contributed by atoms with Crippen LogP contribution >= 0.6 is 22.6 Å². The van der Waals surface area contributed by atoms with E-state index in [-0.39, 0.29) is 5.78 Å². The zero-order valence-electron chi connectivity index (χ0n) is 8.39. The number of ketones is 1. The standard InChI is InChI=1S/C13H9IO2/c14-11-5-3-10(4-6-11)13(15)8-7-12-2-1-9-16-12/h1-9H. The monoisotopic (exact) mass is 324 g/mol. The molecule has 16 heavy (non-hydrogen) atoms. The first-order valence-electron chi connectivity index (χ1n) is 4.77. The van der Waals surface area contributed by atoms with Crippen LogP contribution in [0.2, 0.25) is 0 Å². The van der Waals surface area contributed by atoms with E-state index in [1.165, 1.54) is 6.08 Å². The molecule has 1 heterocycles. The highest BCUT2D eigenvalue weighted by atomic mass is 127. The van der Waals surface area contributed by atoms with Crippen LogP contribution in [0.4, 0.5) is 0 Å². The average Bonchev–Trinajstić information content (AvgIpc) is 2.80. The van der Waals surface area contributed by atoms with Gasteiger partial charge in [-0.05, 0) is 59.0 Å². The molecule has 2 rings (SSSR count). The zero-order chi connectivity index (χ0) is 11.4. The normalized spacial score (nSPS) is 10.8. The highest BCUT2D eigenvalue weighted by Crippen LogP contribution is 2.09. The number of rotatable bonds is 3. The number of halogens is 1. The highest BCUT2D eigenvalue weighted by Gasteiger charge is 2.00. The molecule has 80 valence electrons. The van der Waals surface area contributed by atoms with Crippen LogP contribution in [0.25, 0.3) is 6.08 Å². The third-order valence-electron chi connectivity index (χ3n) is 2.07. The molecule has 0 bridgehead atoms. The van der Waals surface area contributed by atoms with Gasteiger partial charge in [0.25, 0.3) is 0 Å². The van der Waals surface area contributed by atoms with E-state index >= 15 is 0 Å². The molecule has 1 aromatic heterocycles. The van der Waals surface area contributed by atoms with Crippen LogP contribution in [-0.4, -0.2) is 5.78 Å². The van der Waals surface area contributed by atoms with E-state index in [1.807, 2.05) is 24.3 Å². The van der Waals surface area contributed by atoms with Crippen LogP contribution in [0.5, 0.6) is 0 Å². The van der Waals surface area contributed by atoms with Crippen molar-refractivity contribution < 1.29 is 9.21 Å². The SMILES string of the molecule is O=C(C=Cc1ccco1)c1ccc(I)cc1. The number of carbonyl (C=O) groups is 1. The molecule has 0 radical (unpaired) electrons. The van der Waals surface area contributed by atoms with E-state index < -0.39 is 0 Å². The van der Waals surface area contributed by atoms with Gasteiger partial charge in [-0.25, -0.2) is 0 Å². The predicted octanol–water partition coefficient (Wildman–Crippen LogP) is 3.78. The van der Waals surface area contributed by atoms with Gasteiger partial charge in [0, 0.05) is 9.13 Å². The minimum Gasteiger partial charge on any atom is -0.465 e. The van der Waals surface area contributed by atoms with Crippen molar-refractivity contribution in [3.05, 3.63) is 63.6 Å². The van der Waals surface area contributed by atoms with Crippen molar-refractivity contribution in [2.24, 2.45) is 0 Å². The van der Waals surface area contributed by atoms with Crippen molar-refractivity contribution in [3.63, 3.8) is 0 Å². The number of carbonyl (C=O) groups excluding carboxylic acids is 1. The Labute approximate surface area is 107 Å². The molecule has 0 amide bonds. The Morgan fingerprint density at radius 1 is 1.19 bits per heavy atom. The molecule has 0 N–H and O–H groups in total. The summed E-state index contributed by atoms with van der Waals surface area (Å²) in [5.41, 5.74) is 0.684. The predicted molar refractivity (Wildman–Crippen MR) is 71.2 cm³/mol. The maximum absolute atomic E-state index is 11.7. The molecule has 0 fully saturated rings. The first-order chi connectivity index (χ1) is 7.75. The molecule has 0 aliphatic rings. The van der Waals surface area contributed by atoms with Gasteiger partial charge in [-0.3, -0.25) is 4.79 Å². The lowest BCUT2D eigenvalue weighted by molar-refractivity contribution is 0.104. The number of hydrogen-bond donors (Lipinski definition) is 0. The maximum Gasteiger partial charge on any atom is 0.185 e. The summed E-state index contributed by atoms with van der Waals surface area (Å²) in [5.74, 6) is 0.659. The molecule has 0 unspecified atom stereocenters. The van der Waals surface area contributed by atoms with Gasteiger partial charge in [0.2, 0.25) is 0 Å². The van der Waals surface area contributed by atoms with Crippen molar-refractivity contribution in [2.75, 3.05) is 0 Å². The highest BCUT2D eigenvalue weighted by molar-refractivity contribution is 14.1. The third kappa shape index (κ3) is 2.82. The molecule has 2 aromatic rings. The Kier molecular flexibility index (Phi) is 3.56. The first kappa shape index (κ1) is 11.1. The maximum atomic E-state index is 11.7. The molecule has 2 nitrogen and oxygen atoms in total. The second kappa shape index (κ2) is 5.12. The second-order valence-corrected chi connectivity index (χ2v) is 4.47. The van der Waals surface area contributed by atoms with Crippen LogP contribution in [0.3, 0.4) is 0 Å². The fourth-order valence-electron chi connectivity index (χ4n) is 1.25. The van der Waals surface area contributed by atoms with E-state index in [2.05, 4.69) is 22.6 Å². The molecule has 3 heteroatoms. The van der Waals surface area contributed by atoms with Gasteiger partial charge in [0.05, 0.1) is 6.26 Å². The lowest BCUT2D eigenvalue weighted by Gasteiger charge is -1.95. The Hall–Kier alpha value is -1.36. The zero-order valence-corrected chi connectivity index (χ0v) is 10.5. The number of hydrogen-bond acceptors (Lipinski definition) is 2. The average molecular weight is 324 g/mol. The Morgan fingerprint density at radius 2 is 1.94 bits per heavy atom. The second-order valence-electron chi connectivity index (χ2n) is 3.22. The van der Waals surface area contributed by atoms with Crippen molar-refractivity contribution in [2.45, 2.75) is 0 Å². The van der Waals surface area contributed by atoms with Crippen molar-refractivity contribution in [1.29, 1.82) is 0 Å². The van der Waals surface area contributed by atoms with E-state index in [9.17, 15) is 4.79 Å². The topological polar surface area (TPSA) is 30.2 Å². The number of furan rings is 1. The summed E-state index contributed by atoms with van der Waals surface area (Å²) in [6.07, 6.45) is 4.76. The minimum absolute atomic E-state index is 0.0206. The van der Waals surface area contributed by atoms with Crippen LogP contribution in [0.15, 0.2) is 53.2 Å². The largest absolute Gasteiger partial charge is 0.465 e. The molecule has 0 spiro atoms. The Morgan fingerprint density at radius 3 is 2.56 bits per heavy atom. The molecular formula is C13H9IO2. The van der Waals surface area contributed by atoms with Crippen molar-refractivity contribution >= 4 is 34.5 Å². The number of allylic oxidation sites excluding steroid dienone is 1. The fraction of sp³-hybridized carbons (Fsp3) is 0. The molecular weight excluding hydrogens is 315 g/mol. The summed E-state index contributed by atoms with van der Waals surface area (Å²) in [6.45, 7) is 0. The smallest absolute Gasteiger partial charge is 0.185 e. The molecule has 0 aliphatic heterocycles. The Balaban J connectivity index is 2.11. The van der Waals surface area contributed by atoms with Crippen LogP contribution in [0, 0.1) is 3.57 Å². The number of benzene rings is 1. The summed E-state index contributed by atoms with van der Waals surface area (Å²) in [4.78, 5) is 11.7. The van der Waals surface area contributed by atoms with Gasteiger partial charge in [0.1, 0.15) is 5.76 Å². The van der Waals surface area contributed by atoms with Gasteiger partial charge in [-0.15, -0.1) is 0 Å². The Bertz CT molecular complexity index is 495. The third-order valence-corrected chi connectivity index (χ3v) is 2.79. The van der Waals surface area contributed by atoms with Crippen molar-refractivity contribution in [1.82, 2.24) is 0 Å². The van der Waals surface area contributed by atoms with E-state index in [0.717, 1.165) is 3.57 Å². The van der Waals surface area contributed by atoms with Crippen LogP contribution < -0.4 is 0 Å². The molecule has 0 aliphatic carbocycles. The van der Waals surface area contributed by atoms with Gasteiger partial charge in [-0.2, -0.15) is 0 Å². The van der Waals surface area contributed by atoms with Gasteiger partial charge in [0.15, 0.2) is 5.78 Å². The van der Waals surface area contributed by atoms with E-state index in [4.69, 9.17) is 4.42 Å². The van der Waals surface area contributed by atoms with Gasteiger partial charge in [-0.1, -0.05) is 12.1 Å². The summed E-state index contributed by atoms with van der Waals surface area (Å²) < 4.78 is 6.21. The lowest BCUT2D eigenvalue weighted by atomic mass is 10.1. The van der Waals surface area contributed by atoms with Crippen LogP contribution in [0.1, 0.15) is 16.1 Å². The summed E-state index contributed by atoms with van der Waals surface area (Å²) in [6, 6.07) is 11.0. The molecule has 0 atom stereocenters. The summed E-state index contributed by atoms with van der Waals surface area (Å²) >= 11 is 2.21. The van der Waals surface area contributed by atoms with E-state index in [0.29, 0.717) is 11.3 Å². The first-order valence-corrected chi connectivity index (χ1v) is 5.85. The summed E-state index contributed by atoms with van der Waals surface area (Å²) in [7, 11) is 0. The molecule has 0 saturated heterocycles. The van der Waals surface area contributed by atoms with Crippen LogP contribution in [-0.2, 0) is 0 Å². The van der Waals surface area contributed by atoms with Crippen molar-refractivity contribution in [3.8, 4) is 0 Å². The minimum atomic E-state index is -0.0206. The molecule has 1 aromatic carbocycles. The quantitative estimate of drug-likeness (QED) is 0.489. The van der Waals surface area contributed by atoms with Gasteiger partial charge < -0.3 is 4.42 Å².